The Hall–Kier alpha value is -0.470. The van der Waals surface area contributed by atoms with E-state index in [0.29, 0.717) is 17.3 Å². The van der Waals surface area contributed by atoms with Gasteiger partial charge in [-0.1, -0.05) is 26.0 Å². The third-order valence-electron chi connectivity index (χ3n) is 3.76. The zero-order valence-corrected chi connectivity index (χ0v) is 10.5. The van der Waals surface area contributed by atoms with Crippen molar-refractivity contribution in [2.45, 2.75) is 24.7 Å². The molecule has 1 aliphatic rings. The summed E-state index contributed by atoms with van der Waals surface area (Å²) in [5.74, 6) is 1.32. The Morgan fingerprint density at radius 3 is 2.67 bits per heavy atom. The maximum atomic E-state index is 5.80. The van der Waals surface area contributed by atoms with Crippen molar-refractivity contribution in [3.8, 4) is 0 Å². The van der Waals surface area contributed by atoms with E-state index in [9.17, 15) is 0 Å². The van der Waals surface area contributed by atoms with Gasteiger partial charge in [0.05, 0.1) is 0 Å². The lowest BCUT2D eigenvalue weighted by molar-refractivity contribution is 0.558. The van der Waals surface area contributed by atoms with Crippen LogP contribution in [0.4, 0.5) is 0 Å². The summed E-state index contributed by atoms with van der Waals surface area (Å²) >= 11 is 1.81. The summed E-state index contributed by atoms with van der Waals surface area (Å²) in [6.07, 6.45) is 2.12. The minimum Gasteiger partial charge on any atom is -0.330 e. The third-order valence-corrected chi connectivity index (χ3v) is 4.48. The highest BCUT2D eigenvalue weighted by molar-refractivity contribution is 7.98. The summed E-state index contributed by atoms with van der Waals surface area (Å²) in [7, 11) is 0. The predicted octanol–water partition coefficient (Wildman–Crippen LogP) is 3.11. The van der Waals surface area contributed by atoms with Gasteiger partial charge in [-0.2, -0.15) is 0 Å². The summed E-state index contributed by atoms with van der Waals surface area (Å²) in [6, 6.07) is 8.87. The van der Waals surface area contributed by atoms with Crippen molar-refractivity contribution >= 4 is 11.8 Å². The van der Waals surface area contributed by atoms with E-state index in [1.54, 1.807) is 11.8 Å². The molecule has 82 valence electrons. The lowest BCUT2D eigenvalue weighted by atomic mass is 10.0. The maximum absolute atomic E-state index is 5.80. The van der Waals surface area contributed by atoms with Crippen LogP contribution in [0, 0.1) is 11.3 Å². The lowest BCUT2D eigenvalue weighted by Gasteiger charge is -2.04. The first-order valence-corrected chi connectivity index (χ1v) is 6.67. The maximum Gasteiger partial charge on any atom is 0.00719 e. The third kappa shape index (κ3) is 1.81. The van der Waals surface area contributed by atoms with Crippen molar-refractivity contribution in [1.82, 2.24) is 0 Å². The minimum atomic E-state index is 0.395. The second-order valence-corrected chi connectivity index (χ2v) is 5.80. The summed E-state index contributed by atoms with van der Waals surface area (Å²) in [6.45, 7) is 5.45. The molecule has 1 aromatic rings. The molecule has 2 unspecified atom stereocenters. The largest absolute Gasteiger partial charge is 0.330 e. The molecule has 1 nitrogen and oxygen atoms in total. The first-order chi connectivity index (χ1) is 7.11. The highest BCUT2D eigenvalue weighted by atomic mass is 32.2. The quantitative estimate of drug-likeness (QED) is 0.794. The molecule has 0 aromatic heterocycles. The molecule has 2 N–H and O–H groups in total. The van der Waals surface area contributed by atoms with Gasteiger partial charge in [-0.15, -0.1) is 11.8 Å². The molecular weight excluding hydrogens is 202 g/mol. The van der Waals surface area contributed by atoms with Crippen LogP contribution in [0.2, 0.25) is 0 Å². The minimum absolute atomic E-state index is 0.395. The molecule has 2 atom stereocenters. The van der Waals surface area contributed by atoms with Gasteiger partial charge in [0.1, 0.15) is 0 Å². The molecule has 2 heteroatoms. The average molecular weight is 221 g/mol. The van der Waals surface area contributed by atoms with E-state index < -0.39 is 0 Å². The topological polar surface area (TPSA) is 26.0 Å². The van der Waals surface area contributed by atoms with Crippen LogP contribution in [0.5, 0.6) is 0 Å². The van der Waals surface area contributed by atoms with Crippen LogP contribution >= 0.6 is 11.8 Å². The number of nitrogens with two attached hydrogens (primary N) is 1. The molecule has 2 rings (SSSR count). The van der Waals surface area contributed by atoms with E-state index in [2.05, 4.69) is 44.4 Å². The van der Waals surface area contributed by atoms with Crippen molar-refractivity contribution < 1.29 is 0 Å². The van der Waals surface area contributed by atoms with Gasteiger partial charge in [-0.3, -0.25) is 0 Å². The molecule has 0 bridgehead atoms. The molecule has 1 saturated carbocycles. The molecule has 0 saturated heterocycles. The zero-order chi connectivity index (χ0) is 11.1. The fraction of sp³-hybridized carbons (Fsp3) is 0.538. The normalized spacial score (nSPS) is 27.7. The highest BCUT2D eigenvalue weighted by Crippen LogP contribution is 2.63. The average Bonchev–Trinajstić information content (AvgIpc) is 2.80. The van der Waals surface area contributed by atoms with Crippen molar-refractivity contribution in [2.75, 3.05) is 12.8 Å². The highest BCUT2D eigenvalue weighted by Gasteiger charge is 2.57. The summed E-state index contributed by atoms with van der Waals surface area (Å²) in [5.41, 5.74) is 7.66. The first-order valence-electron chi connectivity index (χ1n) is 5.45. The second kappa shape index (κ2) is 3.84. The number of hydrogen-bond donors (Lipinski definition) is 1. The van der Waals surface area contributed by atoms with Crippen LogP contribution in [0.15, 0.2) is 29.2 Å². The Balaban J connectivity index is 2.24. The Kier molecular flexibility index (Phi) is 2.82. The van der Waals surface area contributed by atoms with Crippen LogP contribution in [0.1, 0.15) is 25.3 Å². The van der Waals surface area contributed by atoms with Crippen LogP contribution in [-0.2, 0) is 0 Å². The van der Waals surface area contributed by atoms with Gasteiger partial charge in [0, 0.05) is 4.90 Å². The monoisotopic (exact) mass is 221 g/mol. The van der Waals surface area contributed by atoms with Gasteiger partial charge < -0.3 is 5.73 Å². The molecule has 0 heterocycles. The Bertz CT molecular complexity index is 359. The van der Waals surface area contributed by atoms with Gasteiger partial charge in [-0.25, -0.2) is 0 Å². The van der Waals surface area contributed by atoms with Crippen LogP contribution in [-0.4, -0.2) is 12.8 Å². The number of hydrogen-bond acceptors (Lipinski definition) is 2. The molecule has 0 radical (unpaired) electrons. The summed E-state index contributed by atoms with van der Waals surface area (Å²) in [4.78, 5) is 1.35. The fourth-order valence-electron chi connectivity index (χ4n) is 2.68. The van der Waals surface area contributed by atoms with Crippen molar-refractivity contribution in [3.63, 3.8) is 0 Å². The lowest BCUT2D eigenvalue weighted by Crippen LogP contribution is -2.05. The van der Waals surface area contributed by atoms with Crippen molar-refractivity contribution in [3.05, 3.63) is 29.8 Å². The van der Waals surface area contributed by atoms with Gasteiger partial charge in [0.25, 0.3) is 0 Å². The van der Waals surface area contributed by atoms with Crippen molar-refractivity contribution in [2.24, 2.45) is 17.1 Å². The molecular formula is C13H19NS. The van der Waals surface area contributed by atoms with Gasteiger partial charge in [0.2, 0.25) is 0 Å². The van der Waals surface area contributed by atoms with E-state index in [4.69, 9.17) is 5.73 Å². The van der Waals surface area contributed by atoms with Crippen molar-refractivity contribution in [1.29, 1.82) is 0 Å². The molecule has 1 fully saturated rings. The van der Waals surface area contributed by atoms with Crippen LogP contribution in [0.3, 0.4) is 0 Å². The summed E-state index contributed by atoms with van der Waals surface area (Å²) in [5, 5.41) is 0. The van der Waals surface area contributed by atoms with Gasteiger partial charge in [0.15, 0.2) is 0 Å². The van der Waals surface area contributed by atoms with E-state index in [-0.39, 0.29) is 0 Å². The number of benzene rings is 1. The van der Waals surface area contributed by atoms with E-state index in [1.807, 2.05) is 0 Å². The Morgan fingerprint density at radius 1 is 1.40 bits per heavy atom. The van der Waals surface area contributed by atoms with Gasteiger partial charge in [-0.05, 0) is 47.7 Å². The SMILES string of the molecule is CSc1cccc(C2C(CN)C2(C)C)c1. The predicted molar refractivity (Wildman–Crippen MR) is 67.3 cm³/mol. The van der Waals surface area contributed by atoms with Crippen LogP contribution in [0.25, 0.3) is 0 Å². The van der Waals surface area contributed by atoms with E-state index >= 15 is 0 Å². The second-order valence-electron chi connectivity index (χ2n) is 4.92. The molecule has 1 aromatic carbocycles. The smallest absolute Gasteiger partial charge is 0.00719 e. The van der Waals surface area contributed by atoms with Gasteiger partial charge >= 0.3 is 0 Å². The van der Waals surface area contributed by atoms with Crippen LogP contribution < -0.4 is 5.73 Å². The first kappa shape index (κ1) is 11.0. The molecule has 1 aliphatic carbocycles. The Morgan fingerprint density at radius 2 is 2.13 bits per heavy atom. The molecule has 15 heavy (non-hydrogen) atoms. The van der Waals surface area contributed by atoms with E-state index in [0.717, 1.165) is 6.54 Å². The summed E-state index contributed by atoms with van der Waals surface area (Å²) < 4.78 is 0. The number of thioether (sulfide) groups is 1. The molecule has 0 spiro atoms. The Labute approximate surface area is 96.4 Å². The molecule has 0 aliphatic heterocycles. The molecule has 0 amide bonds. The standard InChI is InChI=1S/C13H19NS/c1-13(2)11(8-14)12(13)9-5-4-6-10(7-9)15-3/h4-7,11-12H,8,14H2,1-3H3. The van der Waals surface area contributed by atoms with E-state index in [1.165, 1.54) is 10.5 Å². The number of rotatable bonds is 3. The zero-order valence-electron chi connectivity index (χ0n) is 9.66. The fourth-order valence-corrected chi connectivity index (χ4v) is 3.15.